The van der Waals surface area contributed by atoms with Crippen LogP contribution >= 0.6 is 23.4 Å². The average Bonchev–Trinajstić information content (AvgIpc) is 2.98. The maximum Gasteiger partial charge on any atom is 0.235 e. The molecule has 0 aliphatic heterocycles. The number of benzene rings is 2. The quantitative estimate of drug-likeness (QED) is 0.690. The maximum atomic E-state index is 11.7. The van der Waals surface area contributed by atoms with E-state index >= 15 is 0 Å². The fourth-order valence-electron chi connectivity index (χ4n) is 2.15. The van der Waals surface area contributed by atoms with E-state index in [1.54, 1.807) is 18.2 Å². The molecule has 7 heteroatoms. The lowest BCUT2D eigenvalue weighted by Gasteiger charge is -2.02. The van der Waals surface area contributed by atoms with Crippen LogP contribution in [0.3, 0.4) is 0 Å². The van der Waals surface area contributed by atoms with Crippen molar-refractivity contribution < 1.29 is 9.21 Å². The normalized spacial score (nSPS) is 10.5. The van der Waals surface area contributed by atoms with Crippen molar-refractivity contribution in [1.29, 1.82) is 5.26 Å². The number of hydrogen-bond acceptors (Lipinski definition) is 5. The first-order chi connectivity index (χ1) is 11.6. The lowest BCUT2D eigenvalue weighted by Crippen LogP contribution is -2.13. The van der Waals surface area contributed by atoms with Gasteiger partial charge in [0.05, 0.1) is 5.75 Å². The Bertz CT molecular complexity index is 962. The number of nitriles is 1. The summed E-state index contributed by atoms with van der Waals surface area (Å²) in [7, 11) is 0. The Labute approximate surface area is 147 Å². The fourth-order valence-corrected chi connectivity index (χ4v) is 2.60. The number of halogens is 1. The molecule has 0 saturated carbocycles. The number of anilines is 1. The minimum absolute atomic E-state index is 0.0838. The summed E-state index contributed by atoms with van der Waals surface area (Å²) in [6.45, 7) is 1.93. The Morgan fingerprint density at radius 1 is 1.38 bits per heavy atom. The molecule has 1 N–H and O–H groups in total. The lowest BCUT2D eigenvalue weighted by molar-refractivity contribution is -0.113. The van der Waals surface area contributed by atoms with E-state index in [0.29, 0.717) is 27.7 Å². The van der Waals surface area contributed by atoms with Crippen LogP contribution in [0.5, 0.6) is 0 Å². The van der Waals surface area contributed by atoms with Gasteiger partial charge in [0.25, 0.3) is 0 Å². The summed E-state index contributed by atoms with van der Waals surface area (Å²) in [5.74, 6) is 0.311. The first-order valence-electron chi connectivity index (χ1n) is 7.04. The molecule has 1 aromatic heterocycles. The summed E-state index contributed by atoms with van der Waals surface area (Å²) in [6, 6.07) is 10.8. The number of carbonyl (C=O) groups is 1. The number of aromatic nitrogens is 1. The monoisotopic (exact) mass is 357 g/mol. The zero-order valence-electron chi connectivity index (χ0n) is 12.7. The van der Waals surface area contributed by atoms with Crippen molar-refractivity contribution in [1.82, 2.24) is 4.98 Å². The summed E-state index contributed by atoms with van der Waals surface area (Å²) in [5.41, 5.74) is 3.63. The minimum atomic E-state index is -0.241. The molecule has 1 amide bonds. The van der Waals surface area contributed by atoms with Crippen LogP contribution in [0.25, 0.3) is 22.6 Å². The fraction of sp³-hybridized carbons (Fsp3) is 0.118. The zero-order valence-corrected chi connectivity index (χ0v) is 14.2. The van der Waals surface area contributed by atoms with E-state index in [1.165, 1.54) is 0 Å². The molecule has 24 heavy (non-hydrogen) atoms. The average molecular weight is 358 g/mol. The maximum absolute atomic E-state index is 11.7. The van der Waals surface area contributed by atoms with E-state index in [9.17, 15) is 4.79 Å². The van der Waals surface area contributed by atoms with Gasteiger partial charge in [-0.1, -0.05) is 17.7 Å². The number of oxazole rings is 1. The number of thioether (sulfide) groups is 1. The number of carbonyl (C=O) groups excluding carboxylic acids is 1. The predicted molar refractivity (Wildman–Crippen MR) is 95.9 cm³/mol. The Morgan fingerprint density at radius 2 is 2.21 bits per heavy atom. The van der Waals surface area contributed by atoms with Crippen molar-refractivity contribution in [2.45, 2.75) is 6.92 Å². The van der Waals surface area contributed by atoms with Crippen LogP contribution < -0.4 is 5.32 Å². The largest absolute Gasteiger partial charge is 0.436 e. The van der Waals surface area contributed by atoms with E-state index in [4.69, 9.17) is 21.3 Å². The van der Waals surface area contributed by atoms with Gasteiger partial charge in [-0.2, -0.15) is 5.26 Å². The summed E-state index contributed by atoms with van der Waals surface area (Å²) in [4.78, 5) is 16.1. The van der Waals surface area contributed by atoms with E-state index in [-0.39, 0.29) is 11.7 Å². The molecule has 1 heterocycles. The van der Waals surface area contributed by atoms with Gasteiger partial charge >= 0.3 is 0 Å². The molecule has 0 unspecified atom stereocenters. The third-order valence-electron chi connectivity index (χ3n) is 3.36. The molecule has 120 valence electrons. The lowest BCUT2D eigenvalue weighted by atomic mass is 10.1. The van der Waals surface area contributed by atoms with E-state index < -0.39 is 0 Å². The summed E-state index contributed by atoms with van der Waals surface area (Å²) < 4.78 is 5.74. The summed E-state index contributed by atoms with van der Waals surface area (Å²) in [6.07, 6.45) is 0. The van der Waals surface area contributed by atoms with Crippen molar-refractivity contribution in [2.24, 2.45) is 0 Å². The van der Waals surface area contributed by atoms with Crippen LogP contribution in [0.2, 0.25) is 5.02 Å². The van der Waals surface area contributed by atoms with Gasteiger partial charge in [0.2, 0.25) is 11.8 Å². The van der Waals surface area contributed by atoms with Gasteiger partial charge in [-0.05, 0) is 54.6 Å². The molecular formula is C17H12ClN3O2S. The molecule has 3 aromatic rings. The Morgan fingerprint density at radius 3 is 2.96 bits per heavy atom. The number of hydrogen-bond donors (Lipinski definition) is 1. The van der Waals surface area contributed by atoms with Crippen LogP contribution in [-0.4, -0.2) is 16.6 Å². The Balaban J connectivity index is 1.87. The molecule has 0 bridgehead atoms. The molecule has 0 spiro atoms. The minimum Gasteiger partial charge on any atom is -0.436 e. The highest BCUT2D eigenvalue weighted by Gasteiger charge is 2.11. The molecule has 0 aliphatic rings. The van der Waals surface area contributed by atoms with Crippen LogP contribution in [0.1, 0.15) is 5.56 Å². The van der Waals surface area contributed by atoms with Crippen LogP contribution in [0.4, 0.5) is 5.69 Å². The second kappa shape index (κ2) is 6.95. The third kappa shape index (κ3) is 3.53. The van der Waals surface area contributed by atoms with Gasteiger partial charge in [-0.3, -0.25) is 4.79 Å². The topological polar surface area (TPSA) is 78.9 Å². The number of rotatable bonds is 4. The number of nitrogens with zero attached hydrogens (tertiary/aromatic N) is 2. The standard InChI is InChI=1S/C17H12ClN3O2S/c1-10-2-3-11(6-13(10)18)17-21-14-7-12(4-5-15(14)23-17)20-16(22)8-24-9-19/h2-7H,8H2,1H3,(H,20,22). The summed E-state index contributed by atoms with van der Waals surface area (Å²) in [5, 5.41) is 13.7. The van der Waals surface area contributed by atoms with Crippen molar-refractivity contribution >= 4 is 46.1 Å². The van der Waals surface area contributed by atoms with E-state index in [0.717, 1.165) is 22.9 Å². The number of amides is 1. The molecule has 5 nitrogen and oxygen atoms in total. The van der Waals surface area contributed by atoms with Gasteiger partial charge in [-0.25, -0.2) is 4.98 Å². The van der Waals surface area contributed by atoms with Crippen LogP contribution in [-0.2, 0) is 4.79 Å². The van der Waals surface area contributed by atoms with Crippen molar-refractivity contribution in [3.05, 3.63) is 47.0 Å². The van der Waals surface area contributed by atoms with Crippen LogP contribution in [0.15, 0.2) is 40.8 Å². The van der Waals surface area contributed by atoms with Gasteiger partial charge < -0.3 is 9.73 Å². The number of aryl methyl sites for hydroxylation is 1. The number of fused-ring (bicyclic) bond motifs is 1. The predicted octanol–water partition coefficient (Wildman–Crippen LogP) is 4.61. The zero-order chi connectivity index (χ0) is 17.1. The Kier molecular flexibility index (Phi) is 4.74. The summed E-state index contributed by atoms with van der Waals surface area (Å²) >= 11 is 7.03. The van der Waals surface area contributed by atoms with Gasteiger partial charge in [-0.15, -0.1) is 0 Å². The molecule has 0 aliphatic carbocycles. The van der Waals surface area contributed by atoms with Crippen molar-refractivity contribution in [3.8, 4) is 16.9 Å². The third-order valence-corrected chi connectivity index (χ3v) is 4.30. The van der Waals surface area contributed by atoms with Gasteiger partial charge in [0, 0.05) is 16.3 Å². The van der Waals surface area contributed by atoms with Gasteiger partial charge in [0.15, 0.2) is 5.58 Å². The van der Waals surface area contributed by atoms with Crippen LogP contribution in [0, 0.1) is 17.6 Å². The number of nitrogens with one attached hydrogen (secondary N) is 1. The molecular weight excluding hydrogens is 346 g/mol. The highest BCUT2D eigenvalue weighted by Crippen LogP contribution is 2.29. The molecule has 0 saturated heterocycles. The highest BCUT2D eigenvalue weighted by molar-refractivity contribution is 8.04. The number of thiocyanates is 1. The second-order valence-electron chi connectivity index (χ2n) is 5.09. The first-order valence-corrected chi connectivity index (χ1v) is 8.41. The molecule has 0 radical (unpaired) electrons. The first kappa shape index (κ1) is 16.4. The molecule has 3 rings (SSSR count). The van der Waals surface area contributed by atoms with E-state index in [2.05, 4.69) is 10.3 Å². The SMILES string of the molecule is Cc1ccc(-c2nc3cc(NC(=O)CSC#N)ccc3o2)cc1Cl. The van der Waals surface area contributed by atoms with Crippen molar-refractivity contribution in [2.75, 3.05) is 11.1 Å². The highest BCUT2D eigenvalue weighted by atomic mass is 35.5. The molecule has 0 fully saturated rings. The van der Waals surface area contributed by atoms with Gasteiger partial charge in [0.1, 0.15) is 10.9 Å². The molecule has 2 aromatic carbocycles. The van der Waals surface area contributed by atoms with Crippen molar-refractivity contribution in [3.63, 3.8) is 0 Å². The second-order valence-corrected chi connectivity index (χ2v) is 6.26. The Hall–Kier alpha value is -2.49. The molecule has 0 atom stereocenters. The van der Waals surface area contributed by atoms with E-state index in [1.807, 2.05) is 30.5 Å². The smallest absolute Gasteiger partial charge is 0.235 e.